The van der Waals surface area contributed by atoms with Crippen molar-refractivity contribution in [3.63, 3.8) is 0 Å². The zero-order valence-electron chi connectivity index (χ0n) is 10.3. The number of rotatable bonds is 3. The number of nitrogens with zero attached hydrogens (tertiary/aromatic N) is 1. The standard InChI is InChI=1S/C13H9F3N2O2/c1-7-5-10(16)12(6-9(7)15)17-11-4-2-3-8(14)13(11)18(19)20/h2-6,17H,1H3. The molecule has 0 aliphatic rings. The molecule has 0 saturated carbocycles. The van der Waals surface area contributed by atoms with Crippen LogP contribution >= 0.6 is 0 Å². The van der Waals surface area contributed by atoms with E-state index >= 15 is 0 Å². The lowest BCUT2D eigenvalue weighted by Gasteiger charge is -2.09. The molecule has 2 rings (SSSR count). The van der Waals surface area contributed by atoms with Crippen LogP contribution in [0.4, 0.5) is 30.2 Å². The molecule has 0 fully saturated rings. The van der Waals surface area contributed by atoms with Crippen molar-refractivity contribution in [2.45, 2.75) is 6.92 Å². The normalized spacial score (nSPS) is 10.4. The summed E-state index contributed by atoms with van der Waals surface area (Å²) in [6, 6.07) is 5.16. The fraction of sp³-hybridized carbons (Fsp3) is 0.0769. The summed E-state index contributed by atoms with van der Waals surface area (Å²) >= 11 is 0. The van der Waals surface area contributed by atoms with Crippen molar-refractivity contribution in [1.29, 1.82) is 0 Å². The summed E-state index contributed by atoms with van der Waals surface area (Å²) < 4.78 is 40.4. The van der Waals surface area contributed by atoms with Crippen LogP contribution in [0.3, 0.4) is 0 Å². The fourth-order valence-corrected chi connectivity index (χ4v) is 1.69. The number of hydrogen-bond acceptors (Lipinski definition) is 3. The molecule has 4 nitrogen and oxygen atoms in total. The van der Waals surface area contributed by atoms with Gasteiger partial charge in [-0.15, -0.1) is 0 Å². The smallest absolute Gasteiger partial charge is 0.327 e. The van der Waals surface area contributed by atoms with Crippen molar-refractivity contribution >= 4 is 17.1 Å². The van der Waals surface area contributed by atoms with Gasteiger partial charge in [-0.25, -0.2) is 8.78 Å². The third-order valence-electron chi connectivity index (χ3n) is 2.69. The van der Waals surface area contributed by atoms with Crippen molar-refractivity contribution in [3.05, 3.63) is 63.5 Å². The van der Waals surface area contributed by atoms with Gasteiger partial charge in [0, 0.05) is 6.07 Å². The maximum Gasteiger partial charge on any atom is 0.327 e. The molecule has 2 aromatic rings. The average molecular weight is 282 g/mol. The molecule has 2 aromatic carbocycles. The van der Waals surface area contributed by atoms with Crippen LogP contribution in [-0.4, -0.2) is 4.92 Å². The Morgan fingerprint density at radius 2 is 1.75 bits per heavy atom. The lowest BCUT2D eigenvalue weighted by Crippen LogP contribution is -2.02. The molecule has 20 heavy (non-hydrogen) atoms. The molecule has 0 saturated heterocycles. The van der Waals surface area contributed by atoms with Gasteiger partial charge in [0.25, 0.3) is 0 Å². The van der Waals surface area contributed by atoms with Gasteiger partial charge in [-0.1, -0.05) is 6.07 Å². The van der Waals surface area contributed by atoms with Crippen LogP contribution in [-0.2, 0) is 0 Å². The summed E-state index contributed by atoms with van der Waals surface area (Å²) in [5.74, 6) is -2.52. The Labute approximate surface area is 112 Å². The minimum atomic E-state index is -1.06. The van der Waals surface area contributed by atoms with Crippen LogP contribution < -0.4 is 5.32 Å². The van der Waals surface area contributed by atoms with Crippen molar-refractivity contribution in [1.82, 2.24) is 0 Å². The molecule has 0 atom stereocenters. The fourth-order valence-electron chi connectivity index (χ4n) is 1.69. The zero-order chi connectivity index (χ0) is 14.9. The number of para-hydroxylation sites is 1. The molecule has 0 aromatic heterocycles. The summed E-state index contributed by atoms with van der Waals surface area (Å²) in [6.45, 7) is 1.38. The monoisotopic (exact) mass is 282 g/mol. The predicted octanol–water partition coefficient (Wildman–Crippen LogP) is 4.06. The quantitative estimate of drug-likeness (QED) is 0.682. The van der Waals surface area contributed by atoms with Crippen molar-refractivity contribution in [2.75, 3.05) is 5.32 Å². The maximum atomic E-state index is 13.7. The van der Waals surface area contributed by atoms with E-state index in [-0.39, 0.29) is 16.9 Å². The first-order valence-electron chi connectivity index (χ1n) is 5.55. The molecular formula is C13H9F3N2O2. The maximum absolute atomic E-state index is 13.7. The average Bonchev–Trinajstić information content (AvgIpc) is 2.35. The topological polar surface area (TPSA) is 55.2 Å². The molecule has 0 radical (unpaired) electrons. The number of nitro benzene ring substituents is 1. The van der Waals surface area contributed by atoms with Crippen molar-refractivity contribution in [2.24, 2.45) is 0 Å². The van der Waals surface area contributed by atoms with Crippen LogP contribution in [0.2, 0.25) is 0 Å². The van der Waals surface area contributed by atoms with Crippen LogP contribution in [0.1, 0.15) is 5.56 Å². The third-order valence-corrected chi connectivity index (χ3v) is 2.69. The van der Waals surface area contributed by atoms with E-state index in [1.54, 1.807) is 0 Å². The van der Waals surface area contributed by atoms with Gasteiger partial charge in [-0.3, -0.25) is 10.1 Å². The lowest BCUT2D eigenvalue weighted by molar-refractivity contribution is -0.386. The number of nitro groups is 1. The Hall–Kier alpha value is -2.57. The first-order valence-corrected chi connectivity index (χ1v) is 5.55. The highest BCUT2D eigenvalue weighted by atomic mass is 19.1. The van der Waals surface area contributed by atoms with E-state index in [0.717, 1.165) is 18.2 Å². The highest BCUT2D eigenvalue weighted by Gasteiger charge is 2.21. The number of aryl methyl sites for hydroxylation is 1. The van der Waals surface area contributed by atoms with Gasteiger partial charge in [-0.05, 0) is 30.7 Å². The van der Waals surface area contributed by atoms with Crippen molar-refractivity contribution in [3.8, 4) is 0 Å². The number of benzene rings is 2. The SMILES string of the molecule is Cc1cc(F)c(Nc2cccc(F)c2[N+](=O)[O-])cc1F. The van der Waals surface area contributed by atoms with Gasteiger partial charge in [0.2, 0.25) is 5.82 Å². The first kappa shape index (κ1) is 13.9. The molecule has 0 unspecified atom stereocenters. The first-order chi connectivity index (χ1) is 9.40. The zero-order valence-corrected chi connectivity index (χ0v) is 10.3. The summed E-state index contributed by atoms with van der Waals surface area (Å²) in [5, 5.41) is 13.1. The van der Waals surface area contributed by atoms with Gasteiger partial charge in [0.1, 0.15) is 17.3 Å². The van der Waals surface area contributed by atoms with Crippen LogP contribution in [0.25, 0.3) is 0 Å². The Morgan fingerprint density at radius 1 is 1.05 bits per heavy atom. The second kappa shape index (κ2) is 5.20. The Balaban J connectivity index is 2.48. The van der Waals surface area contributed by atoms with Gasteiger partial charge in [0.05, 0.1) is 10.6 Å². The molecule has 0 bridgehead atoms. The molecule has 0 aliphatic carbocycles. The molecule has 0 amide bonds. The van der Waals surface area contributed by atoms with Crippen LogP contribution in [0.15, 0.2) is 30.3 Å². The number of halogens is 3. The van der Waals surface area contributed by atoms with E-state index < -0.39 is 28.1 Å². The second-order valence-corrected chi connectivity index (χ2v) is 4.10. The Morgan fingerprint density at radius 3 is 2.40 bits per heavy atom. The minimum absolute atomic E-state index is 0.0989. The van der Waals surface area contributed by atoms with Gasteiger partial charge in [0.15, 0.2) is 0 Å². The van der Waals surface area contributed by atoms with Crippen LogP contribution in [0.5, 0.6) is 0 Å². The summed E-state index contributed by atoms with van der Waals surface area (Å²) in [6.07, 6.45) is 0. The number of nitrogens with one attached hydrogen (secondary N) is 1. The summed E-state index contributed by atoms with van der Waals surface area (Å²) in [4.78, 5) is 9.87. The Kier molecular flexibility index (Phi) is 3.60. The van der Waals surface area contributed by atoms with Gasteiger partial charge < -0.3 is 5.32 Å². The Bertz CT molecular complexity index is 690. The number of anilines is 2. The minimum Gasteiger partial charge on any atom is -0.347 e. The van der Waals surface area contributed by atoms with E-state index in [0.29, 0.717) is 0 Å². The second-order valence-electron chi connectivity index (χ2n) is 4.10. The molecular weight excluding hydrogens is 273 g/mol. The highest BCUT2D eigenvalue weighted by molar-refractivity contribution is 5.70. The van der Waals surface area contributed by atoms with E-state index in [1.807, 2.05) is 0 Å². The van der Waals surface area contributed by atoms with E-state index in [9.17, 15) is 23.3 Å². The molecule has 0 spiro atoms. The largest absolute Gasteiger partial charge is 0.347 e. The van der Waals surface area contributed by atoms with E-state index in [2.05, 4.69) is 5.32 Å². The lowest BCUT2D eigenvalue weighted by atomic mass is 10.2. The molecule has 104 valence electrons. The molecule has 0 aliphatic heterocycles. The van der Waals surface area contributed by atoms with Gasteiger partial charge >= 0.3 is 5.69 Å². The van der Waals surface area contributed by atoms with E-state index in [1.165, 1.54) is 19.1 Å². The van der Waals surface area contributed by atoms with Gasteiger partial charge in [-0.2, -0.15) is 4.39 Å². The highest BCUT2D eigenvalue weighted by Crippen LogP contribution is 2.31. The predicted molar refractivity (Wildman–Crippen MR) is 67.4 cm³/mol. The summed E-state index contributed by atoms with van der Waals surface area (Å²) in [5.41, 5.74) is -1.28. The summed E-state index contributed by atoms with van der Waals surface area (Å²) in [7, 11) is 0. The molecule has 7 heteroatoms. The third kappa shape index (κ3) is 2.56. The van der Waals surface area contributed by atoms with Crippen LogP contribution in [0, 0.1) is 34.5 Å². The molecule has 0 heterocycles. The van der Waals surface area contributed by atoms with Crippen molar-refractivity contribution < 1.29 is 18.1 Å². The number of hydrogen-bond donors (Lipinski definition) is 1. The van der Waals surface area contributed by atoms with E-state index in [4.69, 9.17) is 0 Å². The molecule has 1 N–H and O–H groups in total.